The molecule has 1 fully saturated rings. The van der Waals surface area contributed by atoms with Gasteiger partial charge < -0.3 is 5.32 Å². The molecular formula is C11H11FN2. The zero-order chi connectivity index (χ0) is 9.54. The molecule has 1 aliphatic carbocycles. The van der Waals surface area contributed by atoms with E-state index in [1.54, 1.807) is 12.3 Å². The second-order valence-corrected chi connectivity index (χ2v) is 3.94. The van der Waals surface area contributed by atoms with Gasteiger partial charge >= 0.3 is 0 Å². The van der Waals surface area contributed by atoms with Crippen molar-refractivity contribution in [3.63, 3.8) is 0 Å². The van der Waals surface area contributed by atoms with Crippen LogP contribution in [0, 0.1) is 11.9 Å². The molecule has 0 radical (unpaired) electrons. The van der Waals surface area contributed by atoms with Crippen LogP contribution >= 0.6 is 0 Å². The predicted molar refractivity (Wildman–Crippen MR) is 52.1 cm³/mol. The zero-order valence-electron chi connectivity index (χ0n) is 7.70. The maximum Gasteiger partial charge on any atom is 0.212 e. The van der Waals surface area contributed by atoms with Gasteiger partial charge in [-0.25, -0.2) is 4.98 Å². The molecule has 1 aromatic rings. The van der Waals surface area contributed by atoms with Crippen LogP contribution in [0.4, 0.5) is 4.39 Å². The largest absolute Gasteiger partial charge is 0.312 e. The summed E-state index contributed by atoms with van der Waals surface area (Å²) in [6, 6.07) is 3.85. The average molecular weight is 190 g/mol. The van der Waals surface area contributed by atoms with Gasteiger partial charge in [0.25, 0.3) is 0 Å². The molecule has 3 heteroatoms. The van der Waals surface area contributed by atoms with Crippen LogP contribution in [-0.2, 0) is 0 Å². The minimum atomic E-state index is -0.409. The van der Waals surface area contributed by atoms with Gasteiger partial charge in [0.05, 0.1) is 0 Å². The summed E-state index contributed by atoms with van der Waals surface area (Å²) >= 11 is 0. The smallest absolute Gasteiger partial charge is 0.212 e. The molecule has 1 aromatic heterocycles. The highest BCUT2D eigenvalue weighted by Crippen LogP contribution is 2.35. The number of halogens is 1. The van der Waals surface area contributed by atoms with E-state index in [4.69, 9.17) is 0 Å². The average Bonchev–Trinajstić information content (AvgIpc) is 2.45. The fourth-order valence-electron chi connectivity index (χ4n) is 2.16. The lowest BCUT2D eigenvalue weighted by Gasteiger charge is -2.31. The van der Waals surface area contributed by atoms with Crippen molar-refractivity contribution < 1.29 is 4.39 Å². The lowest BCUT2D eigenvalue weighted by Crippen LogP contribution is -2.49. The number of fused-ring (bicyclic) bond motifs is 1. The number of pyridine rings is 1. The van der Waals surface area contributed by atoms with E-state index in [2.05, 4.69) is 16.4 Å². The summed E-state index contributed by atoms with van der Waals surface area (Å²) in [6.07, 6.45) is 4.96. The van der Waals surface area contributed by atoms with Crippen molar-refractivity contribution in [3.05, 3.63) is 35.9 Å². The van der Waals surface area contributed by atoms with Gasteiger partial charge in [0, 0.05) is 24.7 Å². The van der Waals surface area contributed by atoms with E-state index in [-0.39, 0.29) is 0 Å². The number of nitrogens with zero attached hydrogens (tertiary/aromatic N) is 1. The molecule has 2 nitrogen and oxygen atoms in total. The van der Waals surface area contributed by atoms with Crippen LogP contribution in [0.25, 0.3) is 5.57 Å². The number of nitrogens with one attached hydrogen (secondary N) is 1. The molecule has 0 spiro atoms. The van der Waals surface area contributed by atoms with E-state index < -0.39 is 5.95 Å². The Morgan fingerprint density at radius 1 is 1.43 bits per heavy atom. The first-order valence-electron chi connectivity index (χ1n) is 4.89. The highest BCUT2D eigenvalue weighted by atomic mass is 19.1. The van der Waals surface area contributed by atoms with Gasteiger partial charge in [0.15, 0.2) is 0 Å². The fraction of sp³-hybridized carbons (Fsp3) is 0.364. The van der Waals surface area contributed by atoms with Crippen molar-refractivity contribution in [2.45, 2.75) is 12.5 Å². The summed E-state index contributed by atoms with van der Waals surface area (Å²) in [6.45, 7) is 1.09. The van der Waals surface area contributed by atoms with Gasteiger partial charge in [-0.3, -0.25) is 0 Å². The first-order valence-corrected chi connectivity index (χ1v) is 4.89. The standard InChI is InChI=1S/C11H11FN2/c12-11-2-1-7(5-14-11)8-3-9-6-13-10(9)4-8/h1-3,5,9-10,13H,4,6H2/t9-,10-/m0/s1. The first-order chi connectivity index (χ1) is 6.83. The van der Waals surface area contributed by atoms with E-state index in [0.717, 1.165) is 18.5 Å². The fourth-order valence-corrected chi connectivity index (χ4v) is 2.16. The van der Waals surface area contributed by atoms with E-state index in [1.165, 1.54) is 11.6 Å². The summed E-state index contributed by atoms with van der Waals surface area (Å²) in [4.78, 5) is 3.67. The molecule has 0 unspecified atom stereocenters. The van der Waals surface area contributed by atoms with Crippen molar-refractivity contribution in [3.8, 4) is 0 Å². The Hall–Kier alpha value is -1.22. The minimum absolute atomic E-state index is 0.409. The zero-order valence-corrected chi connectivity index (χ0v) is 7.70. The molecule has 1 aliphatic heterocycles. The van der Waals surface area contributed by atoms with Gasteiger partial charge in [-0.15, -0.1) is 0 Å². The summed E-state index contributed by atoms with van der Waals surface area (Å²) < 4.78 is 12.6. The van der Waals surface area contributed by atoms with Crippen LogP contribution in [0.1, 0.15) is 12.0 Å². The number of hydrogen-bond donors (Lipinski definition) is 1. The molecule has 72 valence electrons. The lowest BCUT2D eigenvalue weighted by atomic mass is 9.95. The molecule has 0 bridgehead atoms. The van der Waals surface area contributed by atoms with E-state index in [0.29, 0.717) is 12.0 Å². The Labute approximate surface area is 81.9 Å². The Balaban J connectivity index is 1.89. The van der Waals surface area contributed by atoms with Crippen molar-refractivity contribution in [2.75, 3.05) is 6.54 Å². The van der Waals surface area contributed by atoms with Crippen LogP contribution in [0.2, 0.25) is 0 Å². The quantitative estimate of drug-likeness (QED) is 0.680. The maximum atomic E-state index is 12.6. The third-order valence-electron chi connectivity index (χ3n) is 3.09. The van der Waals surface area contributed by atoms with Gasteiger partial charge in [-0.1, -0.05) is 6.08 Å². The van der Waals surface area contributed by atoms with E-state index >= 15 is 0 Å². The van der Waals surface area contributed by atoms with Gasteiger partial charge in [0.2, 0.25) is 5.95 Å². The Morgan fingerprint density at radius 3 is 2.86 bits per heavy atom. The maximum absolute atomic E-state index is 12.6. The summed E-state index contributed by atoms with van der Waals surface area (Å²) in [5.74, 6) is 0.281. The van der Waals surface area contributed by atoms with Crippen LogP contribution in [0.5, 0.6) is 0 Å². The molecule has 3 rings (SSSR count). The van der Waals surface area contributed by atoms with Crippen molar-refractivity contribution in [2.24, 2.45) is 5.92 Å². The predicted octanol–water partition coefficient (Wildman–Crippen LogP) is 1.60. The second-order valence-electron chi connectivity index (χ2n) is 3.94. The molecule has 0 saturated carbocycles. The minimum Gasteiger partial charge on any atom is -0.312 e. The number of rotatable bonds is 1. The molecule has 2 heterocycles. The third-order valence-corrected chi connectivity index (χ3v) is 3.09. The van der Waals surface area contributed by atoms with Crippen LogP contribution < -0.4 is 5.32 Å². The molecular weight excluding hydrogens is 179 g/mol. The Bertz CT molecular complexity index is 383. The monoisotopic (exact) mass is 190 g/mol. The number of hydrogen-bond acceptors (Lipinski definition) is 2. The summed E-state index contributed by atoms with van der Waals surface area (Å²) in [5.41, 5.74) is 2.36. The molecule has 0 amide bonds. The molecule has 2 aliphatic rings. The van der Waals surface area contributed by atoms with Crippen molar-refractivity contribution in [1.29, 1.82) is 0 Å². The number of aromatic nitrogens is 1. The molecule has 1 N–H and O–H groups in total. The van der Waals surface area contributed by atoms with Gasteiger partial charge in [-0.05, 0) is 29.7 Å². The summed E-state index contributed by atoms with van der Waals surface area (Å²) in [5, 5.41) is 3.37. The third kappa shape index (κ3) is 1.16. The van der Waals surface area contributed by atoms with Crippen LogP contribution in [0.3, 0.4) is 0 Å². The molecule has 2 atom stereocenters. The highest BCUT2D eigenvalue weighted by molar-refractivity contribution is 5.68. The van der Waals surface area contributed by atoms with Crippen molar-refractivity contribution in [1.82, 2.24) is 10.3 Å². The molecule has 14 heavy (non-hydrogen) atoms. The van der Waals surface area contributed by atoms with Crippen molar-refractivity contribution >= 4 is 5.57 Å². The highest BCUT2D eigenvalue weighted by Gasteiger charge is 2.34. The van der Waals surface area contributed by atoms with Gasteiger partial charge in [0.1, 0.15) is 0 Å². The van der Waals surface area contributed by atoms with Crippen LogP contribution in [-0.4, -0.2) is 17.6 Å². The topological polar surface area (TPSA) is 24.9 Å². The van der Waals surface area contributed by atoms with E-state index in [9.17, 15) is 4.39 Å². The Kier molecular flexibility index (Phi) is 1.67. The lowest BCUT2D eigenvalue weighted by molar-refractivity contribution is 0.306. The first kappa shape index (κ1) is 8.12. The van der Waals surface area contributed by atoms with Crippen LogP contribution in [0.15, 0.2) is 24.4 Å². The normalized spacial score (nSPS) is 29.4. The Morgan fingerprint density at radius 2 is 2.36 bits per heavy atom. The van der Waals surface area contributed by atoms with E-state index in [1.807, 2.05) is 0 Å². The van der Waals surface area contributed by atoms with Gasteiger partial charge in [-0.2, -0.15) is 4.39 Å². The SMILES string of the molecule is Fc1ccc(C2=C[C@H]3CN[C@H]3C2)cn1. The molecule has 0 aromatic carbocycles. The summed E-state index contributed by atoms with van der Waals surface area (Å²) in [7, 11) is 0. The molecule has 1 saturated heterocycles. The second kappa shape index (κ2) is 2.89.